The molecular weight excluding hydrogens is 378 g/mol. The maximum absolute atomic E-state index is 12.5. The molecule has 1 aliphatic carbocycles. The molecule has 1 atom stereocenters. The van der Waals surface area contributed by atoms with Gasteiger partial charge in [0.1, 0.15) is 0 Å². The number of fused-ring (bicyclic) bond motifs is 2. The monoisotopic (exact) mass is 405 g/mol. The Hall–Kier alpha value is -2.93. The van der Waals surface area contributed by atoms with E-state index in [0.29, 0.717) is 5.56 Å². The van der Waals surface area contributed by atoms with E-state index in [-0.39, 0.29) is 12.1 Å². The van der Waals surface area contributed by atoms with E-state index in [2.05, 4.69) is 39.2 Å². The van der Waals surface area contributed by atoms with Crippen LogP contribution in [0.15, 0.2) is 36.7 Å². The van der Waals surface area contributed by atoms with Gasteiger partial charge in [0.05, 0.1) is 28.9 Å². The molecule has 2 aliphatic rings. The van der Waals surface area contributed by atoms with Crippen LogP contribution in [0.5, 0.6) is 0 Å². The van der Waals surface area contributed by atoms with Gasteiger partial charge >= 0.3 is 0 Å². The van der Waals surface area contributed by atoms with Crippen LogP contribution in [0, 0.1) is 0 Å². The molecule has 30 heavy (non-hydrogen) atoms. The molecule has 0 radical (unpaired) electrons. The van der Waals surface area contributed by atoms with Crippen molar-refractivity contribution >= 4 is 22.6 Å². The van der Waals surface area contributed by atoms with E-state index >= 15 is 0 Å². The number of amides is 1. The summed E-state index contributed by atoms with van der Waals surface area (Å²) in [5, 5.41) is 5.42. The zero-order valence-corrected chi connectivity index (χ0v) is 17.3. The van der Waals surface area contributed by atoms with Gasteiger partial charge in [-0.2, -0.15) is 5.10 Å². The van der Waals surface area contributed by atoms with Crippen LogP contribution in [-0.4, -0.2) is 39.9 Å². The van der Waals surface area contributed by atoms with Gasteiger partial charge in [-0.3, -0.25) is 4.79 Å². The third kappa shape index (κ3) is 3.04. The lowest BCUT2D eigenvalue weighted by atomic mass is 9.97. The zero-order valence-electron chi connectivity index (χ0n) is 17.3. The number of anilines is 1. The summed E-state index contributed by atoms with van der Waals surface area (Å²) in [7, 11) is 0. The molecule has 1 saturated heterocycles. The van der Waals surface area contributed by atoms with Crippen molar-refractivity contribution in [2.24, 2.45) is 5.73 Å². The van der Waals surface area contributed by atoms with Gasteiger partial charge in [-0.05, 0) is 43.7 Å². The number of carbonyl (C=O) groups is 1. The number of primary amides is 1. The van der Waals surface area contributed by atoms with Crippen LogP contribution in [0.25, 0.3) is 11.0 Å². The molecule has 7 heteroatoms. The van der Waals surface area contributed by atoms with Crippen molar-refractivity contribution in [3.8, 4) is 0 Å². The van der Waals surface area contributed by atoms with Crippen molar-refractivity contribution in [1.82, 2.24) is 14.8 Å². The number of hydrogen-bond acceptors (Lipinski definition) is 5. The summed E-state index contributed by atoms with van der Waals surface area (Å²) in [6.07, 6.45) is 7.35. The summed E-state index contributed by atoms with van der Waals surface area (Å²) < 4.78 is 7.53. The molecule has 1 amide bonds. The van der Waals surface area contributed by atoms with Gasteiger partial charge in [-0.1, -0.05) is 24.3 Å². The number of carbonyl (C=O) groups excluding carboxylic acids is 1. The van der Waals surface area contributed by atoms with Crippen LogP contribution in [0.2, 0.25) is 0 Å². The molecule has 2 N–H and O–H groups in total. The second-order valence-corrected chi connectivity index (χ2v) is 8.09. The first-order valence-electron chi connectivity index (χ1n) is 10.8. The van der Waals surface area contributed by atoms with Gasteiger partial charge in [0.15, 0.2) is 5.65 Å². The van der Waals surface area contributed by atoms with Gasteiger partial charge in [0.2, 0.25) is 0 Å². The SMILES string of the molecule is CCn1ncc2c(N(C3CCOCC3)C3CCc4ccccc43)c(C(N)=O)cnc21. The predicted octanol–water partition coefficient (Wildman–Crippen LogP) is 3.22. The quantitative estimate of drug-likeness (QED) is 0.704. The first-order valence-corrected chi connectivity index (χ1v) is 10.8. The summed E-state index contributed by atoms with van der Waals surface area (Å²) in [5.41, 5.74) is 10.7. The fourth-order valence-corrected chi connectivity index (χ4v) is 5.08. The standard InChI is InChI=1S/C23H27N5O2/c1-2-27-23-19(14-26-27)21(18(13-25-23)22(24)29)28(16-9-11-30-12-10-16)20-8-7-15-5-3-4-6-17(15)20/h3-6,13-14,16,20H,2,7-12H2,1H3,(H2,24,29). The fraction of sp³-hybridized carbons (Fsp3) is 0.435. The van der Waals surface area contributed by atoms with Gasteiger partial charge in [-0.25, -0.2) is 9.67 Å². The second kappa shape index (κ2) is 7.72. The van der Waals surface area contributed by atoms with E-state index in [1.165, 1.54) is 11.1 Å². The molecule has 3 heterocycles. The number of aromatic nitrogens is 3. The first-order chi connectivity index (χ1) is 14.7. The highest BCUT2D eigenvalue weighted by molar-refractivity contribution is 6.06. The lowest BCUT2D eigenvalue weighted by Crippen LogP contribution is -2.42. The van der Waals surface area contributed by atoms with Crippen molar-refractivity contribution in [3.63, 3.8) is 0 Å². The van der Waals surface area contributed by atoms with Crippen molar-refractivity contribution in [1.29, 1.82) is 0 Å². The first kappa shape index (κ1) is 19.1. The van der Waals surface area contributed by atoms with Crippen molar-refractivity contribution in [2.75, 3.05) is 18.1 Å². The van der Waals surface area contributed by atoms with Crippen LogP contribution >= 0.6 is 0 Å². The molecule has 7 nitrogen and oxygen atoms in total. The van der Waals surface area contributed by atoms with Crippen LogP contribution in [0.4, 0.5) is 5.69 Å². The molecule has 1 aliphatic heterocycles. The summed E-state index contributed by atoms with van der Waals surface area (Å²) in [6, 6.07) is 9.10. The number of rotatable bonds is 5. The molecule has 0 bridgehead atoms. The third-order valence-corrected chi connectivity index (χ3v) is 6.48. The Kier molecular flexibility index (Phi) is 4.90. The molecule has 5 rings (SSSR count). The van der Waals surface area contributed by atoms with Crippen LogP contribution in [-0.2, 0) is 17.7 Å². The number of pyridine rings is 1. The highest BCUT2D eigenvalue weighted by Crippen LogP contribution is 2.44. The van der Waals surface area contributed by atoms with Crippen molar-refractivity contribution in [3.05, 3.63) is 53.3 Å². The minimum Gasteiger partial charge on any atom is -0.381 e. The van der Waals surface area contributed by atoms with E-state index in [1.807, 2.05) is 17.8 Å². The lowest BCUT2D eigenvalue weighted by molar-refractivity contribution is 0.0825. The molecule has 0 saturated carbocycles. The maximum Gasteiger partial charge on any atom is 0.252 e. The maximum atomic E-state index is 12.5. The highest BCUT2D eigenvalue weighted by Gasteiger charge is 2.36. The molecule has 156 valence electrons. The van der Waals surface area contributed by atoms with Gasteiger partial charge in [0, 0.05) is 32.0 Å². The number of ether oxygens (including phenoxy) is 1. The molecular formula is C23H27N5O2. The van der Waals surface area contributed by atoms with Gasteiger partial charge in [0.25, 0.3) is 5.91 Å². The number of hydrogen-bond donors (Lipinski definition) is 1. The van der Waals surface area contributed by atoms with E-state index in [9.17, 15) is 4.79 Å². The van der Waals surface area contributed by atoms with Gasteiger partial charge < -0.3 is 15.4 Å². The smallest absolute Gasteiger partial charge is 0.252 e. The average Bonchev–Trinajstić information content (AvgIpc) is 3.39. The summed E-state index contributed by atoms with van der Waals surface area (Å²) in [6.45, 7) is 4.21. The van der Waals surface area contributed by atoms with E-state index in [0.717, 1.165) is 62.2 Å². The average molecular weight is 406 g/mol. The Morgan fingerprint density at radius 1 is 1.23 bits per heavy atom. The predicted molar refractivity (Wildman–Crippen MR) is 116 cm³/mol. The number of nitrogens with zero attached hydrogens (tertiary/aromatic N) is 4. The molecule has 0 spiro atoms. The number of aryl methyl sites for hydroxylation is 2. The van der Waals surface area contributed by atoms with Crippen molar-refractivity contribution in [2.45, 2.75) is 51.2 Å². The topological polar surface area (TPSA) is 86.3 Å². The van der Waals surface area contributed by atoms with E-state index in [1.54, 1.807) is 6.20 Å². The normalized spacial score (nSPS) is 19.2. The summed E-state index contributed by atoms with van der Waals surface area (Å²) in [4.78, 5) is 19.5. The summed E-state index contributed by atoms with van der Waals surface area (Å²) >= 11 is 0. The Morgan fingerprint density at radius 2 is 2.03 bits per heavy atom. The van der Waals surface area contributed by atoms with Crippen molar-refractivity contribution < 1.29 is 9.53 Å². The molecule has 2 aromatic heterocycles. The van der Waals surface area contributed by atoms with E-state index < -0.39 is 5.91 Å². The summed E-state index contributed by atoms with van der Waals surface area (Å²) in [5.74, 6) is -0.452. The van der Waals surface area contributed by atoms with E-state index in [4.69, 9.17) is 10.5 Å². The molecule has 1 fully saturated rings. The van der Waals surface area contributed by atoms with Crippen LogP contribution < -0.4 is 10.6 Å². The number of benzene rings is 1. The Labute approximate surface area is 175 Å². The Bertz CT molecular complexity index is 1090. The van der Waals surface area contributed by atoms with Gasteiger partial charge in [-0.15, -0.1) is 0 Å². The highest BCUT2D eigenvalue weighted by atomic mass is 16.5. The number of nitrogens with two attached hydrogens (primary N) is 1. The molecule has 3 aromatic rings. The minimum absolute atomic E-state index is 0.193. The second-order valence-electron chi connectivity index (χ2n) is 8.09. The Morgan fingerprint density at radius 3 is 2.80 bits per heavy atom. The van der Waals surface area contributed by atoms with Crippen LogP contribution in [0.3, 0.4) is 0 Å². The minimum atomic E-state index is -0.452. The van der Waals surface area contributed by atoms with Crippen LogP contribution in [0.1, 0.15) is 53.7 Å². The third-order valence-electron chi connectivity index (χ3n) is 6.48. The zero-order chi connectivity index (χ0) is 20.7. The Balaban J connectivity index is 1.74. The lowest BCUT2D eigenvalue weighted by Gasteiger charge is -2.41. The largest absolute Gasteiger partial charge is 0.381 e. The molecule has 1 unspecified atom stereocenters. The fourth-order valence-electron chi connectivity index (χ4n) is 5.08. The molecule has 1 aromatic carbocycles.